The third-order valence-electron chi connectivity index (χ3n) is 5.45. The molecule has 0 amide bonds. The minimum absolute atomic E-state index is 0.167. The highest BCUT2D eigenvalue weighted by molar-refractivity contribution is 6.42. The summed E-state index contributed by atoms with van der Waals surface area (Å²) >= 11 is 12.4. The molecular formula is C22H16Cl2F3N7O. The monoisotopic (exact) mass is 521 g/mol. The van der Waals surface area contributed by atoms with E-state index in [9.17, 15) is 13.2 Å². The number of hydrogen-bond donors (Lipinski definition) is 1. The van der Waals surface area contributed by atoms with Gasteiger partial charge < -0.3 is 10.1 Å². The largest absolute Gasteiger partial charge is 0.481 e. The van der Waals surface area contributed by atoms with Crippen molar-refractivity contribution in [1.29, 1.82) is 0 Å². The SMILES string of the molecule is COc1cccc(-n2ncnc2C2=C(C)Nc3cc(C(F)(F)F)nn3[C@@H]2c2ccc(Cl)c(Cl)c2)n1. The topological polar surface area (TPSA) is 82.7 Å². The van der Waals surface area contributed by atoms with Crippen LogP contribution in [0.4, 0.5) is 19.0 Å². The molecule has 0 aliphatic carbocycles. The highest BCUT2D eigenvalue weighted by Gasteiger charge is 2.39. The normalized spacial score (nSPS) is 15.7. The fraction of sp³-hybridized carbons (Fsp3) is 0.182. The predicted octanol–water partition coefficient (Wildman–Crippen LogP) is 5.64. The van der Waals surface area contributed by atoms with Gasteiger partial charge in [0.25, 0.3) is 0 Å². The number of hydrogen-bond acceptors (Lipinski definition) is 6. The number of methoxy groups -OCH3 is 1. The molecular weight excluding hydrogens is 506 g/mol. The van der Waals surface area contributed by atoms with E-state index >= 15 is 0 Å². The molecule has 0 saturated carbocycles. The second-order valence-electron chi connectivity index (χ2n) is 7.63. The molecule has 180 valence electrons. The summed E-state index contributed by atoms with van der Waals surface area (Å²) in [7, 11) is 1.49. The van der Waals surface area contributed by atoms with Crippen LogP contribution in [0, 0.1) is 0 Å². The fourth-order valence-electron chi connectivity index (χ4n) is 3.92. The van der Waals surface area contributed by atoms with E-state index in [4.69, 9.17) is 27.9 Å². The number of anilines is 1. The van der Waals surface area contributed by atoms with Crippen LogP contribution in [0.15, 0.2) is 54.5 Å². The van der Waals surface area contributed by atoms with Crippen LogP contribution in [0.5, 0.6) is 5.88 Å². The highest BCUT2D eigenvalue weighted by Crippen LogP contribution is 2.44. The zero-order chi connectivity index (χ0) is 24.9. The van der Waals surface area contributed by atoms with Gasteiger partial charge in [-0.2, -0.15) is 33.0 Å². The first-order valence-corrected chi connectivity index (χ1v) is 10.9. The van der Waals surface area contributed by atoms with Crippen molar-refractivity contribution in [1.82, 2.24) is 29.5 Å². The van der Waals surface area contributed by atoms with Crippen LogP contribution in [0.2, 0.25) is 10.0 Å². The quantitative estimate of drug-likeness (QED) is 0.374. The van der Waals surface area contributed by atoms with Crippen molar-refractivity contribution in [3.8, 4) is 11.7 Å². The molecule has 35 heavy (non-hydrogen) atoms. The average Bonchev–Trinajstić information content (AvgIpc) is 3.47. The zero-order valence-corrected chi connectivity index (χ0v) is 19.7. The Morgan fingerprint density at radius 2 is 1.89 bits per heavy atom. The summed E-state index contributed by atoms with van der Waals surface area (Å²) in [6, 6.07) is 10.1. The highest BCUT2D eigenvalue weighted by atomic mass is 35.5. The van der Waals surface area contributed by atoms with Gasteiger partial charge in [0, 0.05) is 23.4 Å². The molecule has 4 aromatic rings. The molecule has 0 unspecified atom stereocenters. The molecule has 1 aliphatic rings. The molecule has 8 nitrogen and oxygen atoms in total. The average molecular weight is 522 g/mol. The predicted molar refractivity (Wildman–Crippen MR) is 124 cm³/mol. The number of aromatic nitrogens is 6. The van der Waals surface area contributed by atoms with Gasteiger partial charge in [-0.1, -0.05) is 35.3 Å². The van der Waals surface area contributed by atoms with Gasteiger partial charge >= 0.3 is 6.18 Å². The molecule has 3 aromatic heterocycles. The molecule has 4 heterocycles. The maximum absolute atomic E-state index is 13.5. The third-order valence-corrected chi connectivity index (χ3v) is 6.19. The minimum Gasteiger partial charge on any atom is -0.481 e. The number of pyridine rings is 1. The molecule has 5 rings (SSSR count). The lowest BCUT2D eigenvalue weighted by molar-refractivity contribution is -0.141. The second-order valence-corrected chi connectivity index (χ2v) is 8.44. The summed E-state index contributed by atoms with van der Waals surface area (Å²) in [6.07, 6.45) is -3.30. The summed E-state index contributed by atoms with van der Waals surface area (Å²) in [4.78, 5) is 8.82. The number of halogens is 5. The molecule has 0 saturated heterocycles. The van der Waals surface area contributed by atoms with Crippen LogP contribution >= 0.6 is 23.2 Å². The van der Waals surface area contributed by atoms with Crippen molar-refractivity contribution in [3.63, 3.8) is 0 Å². The molecule has 0 spiro atoms. The summed E-state index contributed by atoms with van der Waals surface area (Å²) in [5, 5.41) is 11.8. The van der Waals surface area contributed by atoms with E-state index in [1.165, 1.54) is 22.8 Å². The van der Waals surface area contributed by atoms with E-state index < -0.39 is 17.9 Å². The number of nitrogens with one attached hydrogen (secondary N) is 1. The van der Waals surface area contributed by atoms with E-state index in [1.54, 1.807) is 43.3 Å². The van der Waals surface area contributed by atoms with Crippen molar-refractivity contribution >= 4 is 34.6 Å². The molecule has 0 radical (unpaired) electrons. The van der Waals surface area contributed by atoms with Crippen LogP contribution in [0.1, 0.15) is 30.0 Å². The van der Waals surface area contributed by atoms with E-state index in [0.29, 0.717) is 39.4 Å². The lowest BCUT2D eigenvalue weighted by Crippen LogP contribution is -2.25. The van der Waals surface area contributed by atoms with Gasteiger partial charge in [0.15, 0.2) is 17.3 Å². The first kappa shape index (κ1) is 23.2. The molecule has 1 aliphatic heterocycles. The van der Waals surface area contributed by atoms with Crippen molar-refractivity contribution in [2.24, 2.45) is 0 Å². The van der Waals surface area contributed by atoms with Gasteiger partial charge in [0.05, 0.1) is 17.2 Å². The van der Waals surface area contributed by atoms with Crippen LogP contribution in [0.3, 0.4) is 0 Å². The number of allylic oxidation sites excluding steroid dienone is 2. The Balaban J connectivity index is 1.73. The Bertz CT molecular complexity index is 1460. The number of ether oxygens (including phenoxy) is 1. The van der Waals surface area contributed by atoms with E-state index in [0.717, 1.165) is 6.07 Å². The van der Waals surface area contributed by atoms with Crippen molar-refractivity contribution in [3.05, 3.63) is 81.6 Å². The minimum atomic E-state index is -4.63. The van der Waals surface area contributed by atoms with Crippen LogP contribution in [-0.4, -0.2) is 36.6 Å². The molecule has 0 bridgehead atoms. The molecule has 1 N–H and O–H groups in total. The summed E-state index contributed by atoms with van der Waals surface area (Å²) < 4.78 is 48.6. The van der Waals surface area contributed by atoms with E-state index in [2.05, 4.69) is 25.5 Å². The van der Waals surface area contributed by atoms with Crippen molar-refractivity contribution < 1.29 is 17.9 Å². The maximum Gasteiger partial charge on any atom is 0.435 e. The summed E-state index contributed by atoms with van der Waals surface area (Å²) in [6.45, 7) is 1.74. The second kappa shape index (κ2) is 8.58. The Hall–Kier alpha value is -3.57. The molecule has 1 atom stereocenters. The number of benzene rings is 1. The smallest absolute Gasteiger partial charge is 0.435 e. The number of rotatable bonds is 4. The molecule has 0 fully saturated rings. The fourth-order valence-corrected chi connectivity index (χ4v) is 4.23. The zero-order valence-electron chi connectivity index (χ0n) is 18.2. The Kier molecular flexibility index (Phi) is 5.68. The van der Waals surface area contributed by atoms with Gasteiger partial charge in [-0.05, 0) is 30.7 Å². The number of fused-ring (bicyclic) bond motifs is 1. The van der Waals surface area contributed by atoms with Gasteiger partial charge in [-0.15, -0.1) is 0 Å². The Labute approximate surface area is 207 Å². The van der Waals surface area contributed by atoms with Gasteiger partial charge in [0.1, 0.15) is 18.2 Å². The van der Waals surface area contributed by atoms with Crippen LogP contribution < -0.4 is 10.1 Å². The lowest BCUT2D eigenvalue weighted by Gasteiger charge is -2.30. The van der Waals surface area contributed by atoms with E-state index in [1.807, 2.05) is 0 Å². The first-order valence-electron chi connectivity index (χ1n) is 10.2. The maximum atomic E-state index is 13.5. The van der Waals surface area contributed by atoms with Crippen molar-refractivity contribution in [2.75, 3.05) is 12.4 Å². The lowest BCUT2D eigenvalue weighted by atomic mass is 9.95. The van der Waals surface area contributed by atoms with E-state index in [-0.39, 0.29) is 10.8 Å². The number of nitrogens with zero attached hydrogens (tertiary/aromatic N) is 6. The van der Waals surface area contributed by atoms with Crippen molar-refractivity contribution in [2.45, 2.75) is 19.1 Å². The third kappa shape index (κ3) is 4.10. The Morgan fingerprint density at radius 1 is 1.09 bits per heavy atom. The standard InChI is InChI=1S/C22H16Cl2F3N7O/c1-11-19(21-28-10-29-34(21)16-4-3-5-18(31-16)35-2)20(12-6-7-13(23)14(24)8-12)33-17(30-11)9-15(32-33)22(25,26)27/h3-10,20,30H,1-2H3/t20-/m1/s1. The first-order chi connectivity index (χ1) is 16.7. The van der Waals surface area contributed by atoms with Crippen LogP contribution in [0.25, 0.3) is 11.4 Å². The Morgan fingerprint density at radius 3 is 2.60 bits per heavy atom. The van der Waals surface area contributed by atoms with Gasteiger partial charge in [-0.25, -0.2) is 9.67 Å². The molecule has 13 heteroatoms. The summed E-state index contributed by atoms with van der Waals surface area (Å²) in [5.41, 5.74) is 0.602. The molecule has 1 aromatic carbocycles. The number of alkyl halides is 3. The van der Waals surface area contributed by atoms with Gasteiger partial charge in [-0.3, -0.25) is 0 Å². The van der Waals surface area contributed by atoms with Crippen LogP contribution in [-0.2, 0) is 6.18 Å². The van der Waals surface area contributed by atoms with Gasteiger partial charge in [0.2, 0.25) is 5.88 Å². The summed E-state index contributed by atoms with van der Waals surface area (Å²) in [5.74, 6) is 1.29.